The van der Waals surface area contributed by atoms with Crippen LogP contribution in [0.15, 0.2) is 83.0 Å². The quantitative estimate of drug-likeness (QED) is 0.129. The van der Waals surface area contributed by atoms with Crippen LogP contribution in [0.5, 0.6) is 0 Å². The molecule has 0 saturated carbocycles. The Kier molecular flexibility index (Phi) is 7.56. The van der Waals surface area contributed by atoms with Gasteiger partial charge in [0.15, 0.2) is 6.10 Å². The van der Waals surface area contributed by atoms with Crippen molar-refractivity contribution in [3.63, 3.8) is 0 Å². The number of fused-ring (bicyclic) bond motifs is 1. The zero-order chi connectivity index (χ0) is 28.3. The van der Waals surface area contributed by atoms with E-state index in [-0.39, 0.29) is 30.0 Å². The van der Waals surface area contributed by atoms with Gasteiger partial charge in [0.05, 0.1) is 0 Å². The predicted octanol–water partition coefficient (Wildman–Crippen LogP) is 1.91. The van der Waals surface area contributed by atoms with Gasteiger partial charge in [-0.15, -0.1) is 18.3 Å². The van der Waals surface area contributed by atoms with E-state index in [1.54, 1.807) is 0 Å². The van der Waals surface area contributed by atoms with Crippen molar-refractivity contribution in [3.05, 3.63) is 90.3 Å². The summed E-state index contributed by atoms with van der Waals surface area (Å²) < 4.78 is 10.8. The first-order valence-corrected chi connectivity index (χ1v) is 13.3. The van der Waals surface area contributed by atoms with E-state index < -0.39 is 34.8 Å². The van der Waals surface area contributed by atoms with Crippen LogP contribution in [0.3, 0.4) is 0 Å². The number of nitrogens with one attached hydrogen (secondary N) is 1. The van der Waals surface area contributed by atoms with Crippen LogP contribution < -0.4 is 11.1 Å². The van der Waals surface area contributed by atoms with Gasteiger partial charge in [-0.2, -0.15) is 4.98 Å². The first kappa shape index (κ1) is 26.9. The Morgan fingerprint density at radius 1 is 1.23 bits per heavy atom. The Labute approximate surface area is 233 Å². The van der Waals surface area contributed by atoms with E-state index in [9.17, 15) is 14.4 Å². The largest absolute Gasteiger partial charge is 0.452 e. The number of anilines is 1. The molecule has 2 aliphatic heterocycles. The van der Waals surface area contributed by atoms with Crippen molar-refractivity contribution in [3.8, 4) is 0 Å². The highest BCUT2D eigenvalue weighted by Gasteiger charge is 2.57. The average molecular weight is 563 g/mol. The van der Waals surface area contributed by atoms with Gasteiger partial charge < -0.3 is 30.0 Å². The van der Waals surface area contributed by atoms with Crippen LogP contribution in [0.25, 0.3) is 0 Å². The molecule has 3 heterocycles. The van der Waals surface area contributed by atoms with E-state index in [0.29, 0.717) is 5.75 Å². The number of amides is 2. The molecule has 2 aliphatic rings. The van der Waals surface area contributed by atoms with Crippen molar-refractivity contribution < 1.29 is 28.5 Å². The molecule has 0 aliphatic carbocycles. The van der Waals surface area contributed by atoms with Crippen molar-refractivity contribution in [2.45, 2.75) is 17.5 Å². The Balaban J connectivity index is 1.29. The van der Waals surface area contributed by atoms with Gasteiger partial charge in [0.1, 0.15) is 23.9 Å². The number of β-lactam (4-membered cyclic amide) rings is 1. The van der Waals surface area contributed by atoms with Gasteiger partial charge in [-0.05, 0) is 11.1 Å². The zero-order valence-corrected chi connectivity index (χ0v) is 22.2. The smallest absolute Gasteiger partial charge is 0.319 e. The minimum atomic E-state index is -1.14. The molecule has 2 fully saturated rings. The Morgan fingerprint density at radius 3 is 2.42 bits per heavy atom. The van der Waals surface area contributed by atoms with Gasteiger partial charge in [-0.1, -0.05) is 77.1 Å². The molecule has 40 heavy (non-hydrogen) atoms. The monoisotopic (exact) mass is 562 g/mol. The molecule has 206 valence electrons. The molecule has 2 saturated heterocycles. The number of nitrogens with two attached hydrogens (primary N) is 1. The molecule has 1 aromatic heterocycles. The van der Waals surface area contributed by atoms with Gasteiger partial charge in [0.25, 0.3) is 5.91 Å². The SMILES string of the molecule is C=CC1(C(=O)OC(c2ccccc2)c2ccccc2)CS[C@@H]2C(NC(=O)C(=NOC)c3noc(N)n3)C(=O)N2C1. The van der Waals surface area contributed by atoms with Gasteiger partial charge in [-0.25, -0.2) is 0 Å². The van der Waals surface area contributed by atoms with Crippen molar-refractivity contribution in [1.29, 1.82) is 0 Å². The maximum atomic E-state index is 13.7. The standard InChI is InChI=1S/C27H26N6O6S/c1-3-27(25(36)38-20(16-10-6-4-7-11-16)17-12-8-5-9-13-17)14-33-23(35)19(24(33)40-15-27)29-22(34)18(31-37-2)21-30-26(28)39-32-21/h3-13,19-20,24H,1,14-15H2,2H3,(H,29,34)(H2,28,30,32)/t19?,24-,27?/m1/s1. The molecule has 3 N–H and O–H groups in total. The van der Waals surface area contributed by atoms with Crippen molar-refractivity contribution in [2.75, 3.05) is 25.1 Å². The van der Waals surface area contributed by atoms with Crippen LogP contribution in [-0.2, 0) is 24.0 Å². The van der Waals surface area contributed by atoms with Gasteiger partial charge in [0, 0.05) is 12.3 Å². The number of hydrogen-bond acceptors (Lipinski definition) is 11. The molecule has 0 bridgehead atoms. The number of carbonyl (C=O) groups excluding carboxylic acids is 3. The van der Waals surface area contributed by atoms with Gasteiger partial charge in [0.2, 0.25) is 17.4 Å². The number of hydrogen-bond donors (Lipinski definition) is 2. The van der Waals surface area contributed by atoms with Crippen LogP contribution in [0.2, 0.25) is 0 Å². The fraction of sp³-hybridized carbons (Fsp3) is 0.259. The second-order valence-corrected chi connectivity index (χ2v) is 10.3. The van der Waals surface area contributed by atoms with E-state index in [2.05, 4.69) is 27.2 Å². The number of thioether (sulfide) groups is 1. The van der Waals surface area contributed by atoms with Crippen LogP contribution in [-0.4, -0.2) is 69.4 Å². The molecule has 12 nitrogen and oxygen atoms in total. The van der Waals surface area contributed by atoms with E-state index in [0.717, 1.165) is 11.1 Å². The lowest BCUT2D eigenvalue weighted by molar-refractivity contribution is -0.162. The molecular weight excluding hydrogens is 536 g/mol. The van der Waals surface area contributed by atoms with Crippen LogP contribution in [0.4, 0.5) is 6.01 Å². The highest BCUT2D eigenvalue weighted by atomic mass is 32.2. The van der Waals surface area contributed by atoms with E-state index in [4.69, 9.17) is 19.8 Å². The third kappa shape index (κ3) is 5.02. The van der Waals surface area contributed by atoms with E-state index in [1.165, 1.54) is 29.8 Å². The number of benzene rings is 2. The lowest BCUT2D eigenvalue weighted by atomic mass is 9.87. The highest BCUT2D eigenvalue weighted by Crippen LogP contribution is 2.44. The second kappa shape index (κ2) is 11.2. The number of esters is 1. The molecule has 13 heteroatoms. The normalized spacial score (nSPS) is 22.2. The van der Waals surface area contributed by atoms with Crippen LogP contribution in [0.1, 0.15) is 23.1 Å². The molecule has 2 aromatic carbocycles. The molecule has 0 spiro atoms. The highest BCUT2D eigenvalue weighted by molar-refractivity contribution is 8.00. The number of ether oxygens (including phenoxy) is 1. The Morgan fingerprint density at radius 2 is 1.88 bits per heavy atom. The fourth-order valence-corrected chi connectivity index (χ4v) is 6.08. The summed E-state index contributed by atoms with van der Waals surface area (Å²) >= 11 is 1.35. The van der Waals surface area contributed by atoms with Gasteiger partial charge >= 0.3 is 12.0 Å². The van der Waals surface area contributed by atoms with Crippen LogP contribution >= 0.6 is 11.8 Å². The Bertz CT molecular complexity index is 1410. The minimum Gasteiger partial charge on any atom is -0.452 e. The van der Waals surface area contributed by atoms with Gasteiger partial charge in [-0.3, -0.25) is 14.4 Å². The lowest BCUT2D eigenvalue weighted by Gasteiger charge is -2.53. The number of carbonyl (C=O) groups is 3. The predicted molar refractivity (Wildman–Crippen MR) is 146 cm³/mol. The third-order valence-corrected chi connectivity index (χ3v) is 8.22. The summed E-state index contributed by atoms with van der Waals surface area (Å²) in [5.41, 5.74) is 5.65. The second-order valence-electron chi connectivity index (χ2n) is 9.16. The first-order valence-electron chi connectivity index (χ1n) is 12.2. The van der Waals surface area contributed by atoms with Crippen LogP contribution in [0, 0.1) is 5.41 Å². The van der Waals surface area contributed by atoms with Crippen molar-refractivity contribution >= 4 is 41.3 Å². The van der Waals surface area contributed by atoms with E-state index >= 15 is 0 Å². The topological polar surface area (TPSA) is 162 Å². The number of oxime groups is 1. The molecule has 2 unspecified atom stereocenters. The van der Waals surface area contributed by atoms with Crippen molar-refractivity contribution in [2.24, 2.45) is 10.6 Å². The summed E-state index contributed by atoms with van der Waals surface area (Å²) in [6, 6.07) is 17.8. The lowest BCUT2D eigenvalue weighted by Crippen LogP contribution is -2.74. The molecule has 0 radical (unpaired) electrons. The van der Waals surface area contributed by atoms with E-state index in [1.807, 2.05) is 60.7 Å². The molecule has 3 aromatic rings. The molecule has 2 amide bonds. The first-order chi connectivity index (χ1) is 19.4. The number of aromatic nitrogens is 2. The zero-order valence-electron chi connectivity index (χ0n) is 21.4. The number of rotatable bonds is 9. The molecule has 5 rings (SSSR count). The summed E-state index contributed by atoms with van der Waals surface area (Å²) in [4.78, 5) is 49.7. The average Bonchev–Trinajstić information content (AvgIpc) is 3.43. The summed E-state index contributed by atoms with van der Waals surface area (Å²) in [5.74, 6) is -1.48. The Hall–Kier alpha value is -4.65. The summed E-state index contributed by atoms with van der Waals surface area (Å²) in [5, 5.41) is 9.46. The number of nitrogen functional groups attached to an aromatic ring is 1. The summed E-state index contributed by atoms with van der Waals surface area (Å²) in [6.45, 7) is 3.97. The summed E-state index contributed by atoms with van der Waals surface area (Å²) in [7, 11) is 1.25. The molecular formula is C27H26N6O6S. The fourth-order valence-electron chi connectivity index (χ4n) is 4.55. The maximum absolute atomic E-state index is 13.7. The number of nitrogens with zero attached hydrogens (tertiary/aromatic N) is 4. The summed E-state index contributed by atoms with van der Waals surface area (Å²) in [6.07, 6.45) is 0.903. The minimum absolute atomic E-state index is 0.0644. The van der Waals surface area contributed by atoms with Crippen molar-refractivity contribution in [1.82, 2.24) is 20.4 Å². The maximum Gasteiger partial charge on any atom is 0.319 e. The molecule has 3 atom stereocenters. The third-order valence-electron chi connectivity index (χ3n) is 6.67.